The van der Waals surface area contributed by atoms with Crippen LogP contribution in [-0.4, -0.2) is 13.6 Å². The van der Waals surface area contributed by atoms with Gasteiger partial charge in [0, 0.05) is 0 Å². The van der Waals surface area contributed by atoms with Crippen molar-refractivity contribution in [3.63, 3.8) is 0 Å². The molecule has 0 atom stereocenters. The summed E-state index contributed by atoms with van der Waals surface area (Å²) in [4.78, 5) is 0. The van der Waals surface area contributed by atoms with Crippen molar-refractivity contribution in [1.29, 1.82) is 0 Å². The Bertz CT molecular complexity index is 295. The zero-order valence-electron chi connectivity index (χ0n) is 8.55. The van der Waals surface area contributed by atoms with E-state index in [4.69, 9.17) is 4.74 Å². The van der Waals surface area contributed by atoms with Gasteiger partial charge in [0.25, 0.3) is 0 Å². The lowest BCUT2D eigenvalue weighted by atomic mass is 9.80. The number of hydrogen-bond donors (Lipinski definition) is 0. The van der Waals surface area contributed by atoms with Crippen LogP contribution in [0.4, 0.5) is 12.9 Å². The first-order chi connectivity index (χ1) is 7.04. The molecule has 0 heterocycles. The van der Waals surface area contributed by atoms with E-state index in [9.17, 15) is 12.9 Å². The Labute approximate surface area is 87.3 Å². The summed E-state index contributed by atoms with van der Waals surface area (Å²) in [6.45, 7) is -2.32. The predicted molar refractivity (Wildman–Crippen MR) is 55.6 cm³/mol. The molecule has 84 valence electrons. The number of hydrogen-bond acceptors (Lipinski definition) is 1. The fraction of sp³-hybridized carbons (Fsp3) is 0.400. The summed E-state index contributed by atoms with van der Waals surface area (Å²) in [7, 11) is 0. The normalized spacial score (nSPS) is 11.5. The highest BCUT2D eigenvalue weighted by Gasteiger charge is 2.24. The van der Waals surface area contributed by atoms with Gasteiger partial charge < -0.3 is 17.7 Å². The highest BCUT2D eigenvalue weighted by molar-refractivity contribution is 6.73. The molecule has 0 saturated heterocycles. The molecule has 1 aromatic rings. The Kier molecular flexibility index (Phi) is 4.06. The first kappa shape index (κ1) is 11.9. The van der Waals surface area contributed by atoms with Crippen LogP contribution >= 0.6 is 0 Å². The lowest BCUT2D eigenvalue weighted by Crippen LogP contribution is -2.33. The van der Waals surface area contributed by atoms with E-state index in [1.807, 2.05) is 6.92 Å². The summed E-state index contributed by atoms with van der Waals surface area (Å²) in [5, 5.41) is 0. The minimum Gasteiger partial charge on any atom is -0.494 e. The van der Waals surface area contributed by atoms with Gasteiger partial charge >= 0.3 is 6.98 Å². The van der Waals surface area contributed by atoms with Crippen molar-refractivity contribution in [1.82, 2.24) is 0 Å². The van der Waals surface area contributed by atoms with Gasteiger partial charge in [0.2, 0.25) is 0 Å². The Morgan fingerprint density at radius 2 is 1.73 bits per heavy atom. The van der Waals surface area contributed by atoms with E-state index in [0.29, 0.717) is 12.4 Å². The third kappa shape index (κ3) is 3.85. The second-order valence-corrected chi connectivity index (χ2v) is 3.35. The van der Waals surface area contributed by atoms with E-state index >= 15 is 0 Å². The maximum absolute atomic E-state index is 12.2. The van der Waals surface area contributed by atoms with E-state index in [2.05, 4.69) is 0 Å². The van der Waals surface area contributed by atoms with Crippen LogP contribution < -0.4 is 10.2 Å². The summed E-state index contributed by atoms with van der Waals surface area (Å²) in [5.74, 6) is 0.493. The molecule has 0 aromatic heterocycles. The van der Waals surface area contributed by atoms with Crippen molar-refractivity contribution in [3.8, 4) is 5.75 Å². The molecule has 0 amide bonds. The van der Waals surface area contributed by atoms with Crippen molar-refractivity contribution in [2.75, 3.05) is 6.61 Å². The molecule has 0 spiro atoms. The van der Waals surface area contributed by atoms with Crippen molar-refractivity contribution >= 4 is 12.4 Å². The third-order valence-corrected chi connectivity index (χ3v) is 2.02. The zero-order chi connectivity index (χ0) is 11.3. The molecule has 0 radical (unpaired) electrons. The molecule has 0 N–H and O–H groups in total. The zero-order valence-corrected chi connectivity index (χ0v) is 8.55. The van der Waals surface area contributed by atoms with Gasteiger partial charge in [-0.05, 0) is 18.6 Å². The molecule has 0 aliphatic heterocycles. The quantitative estimate of drug-likeness (QED) is 0.544. The van der Waals surface area contributed by atoms with Crippen molar-refractivity contribution in [3.05, 3.63) is 24.3 Å². The maximum atomic E-state index is 12.2. The lowest BCUT2D eigenvalue weighted by Gasteiger charge is -2.15. The minimum absolute atomic E-state index is 0.493. The van der Waals surface area contributed by atoms with Gasteiger partial charge in [-0.2, -0.15) is 0 Å². The smallest absolute Gasteiger partial charge is 0.494 e. The maximum Gasteiger partial charge on any atom is 0.509 e. The van der Waals surface area contributed by atoms with Gasteiger partial charge in [-0.3, -0.25) is 0 Å². The Morgan fingerprint density at radius 1 is 1.13 bits per heavy atom. The van der Waals surface area contributed by atoms with Crippen LogP contribution in [-0.2, 0) is 0 Å². The summed E-state index contributed by atoms with van der Waals surface area (Å²) in [6, 6.07) is 4.84. The van der Waals surface area contributed by atoms with Crippen LogP contribution in [0.3, 0.4) is 0 Å². The first-order valence-corrected chi connectivity index (χ1v) is 4.96. The number of rotatable bonds is 5. The van der Waals surface area contributed by atoms with Crippen molar-refractivity contribution in [2.24, 2.45) is 0 Å². The van der Waals surface area contributed by atoms with Gasteiger partial charge in [-0.25, -0.2) is 0 Å². The number of unbranched alkanes of at least 4 members (excludes halogenated alkanes) is 1. The van der Waals surface area contributed by atoms with Gasteiger partial charge in [0.1, 0.15) is 5.75 Å². The van der Waals surface area contributed by atoms with Crippen LogP contribution in [0.2, 0.25) is 0 Å². The van der Waals surface area contributed by atoms with Crippen LogP contribution in [0.1, 0.15) is 19.8 Å². The SMILES string of the molecule is CCCCOc1ccc([B-](F)(F)F)cc1. The van der Waals surface area contributed by atoms with E-state index in [1.165, 1.54) is 12.1 Å². The summed E-state index contributed by atoms with van der Waals surface area (Å²) < 4.78 is 42.0. The Morgan fingerprint density at radius 3 is 2.20 bits per heavy atom. The van der Waals surface area contributed by atoms with E-state index in [0.717, 1.165) is 25.0 Å². The topological polar surface area (TPSA) is 9.23 Å². The highest BCUT2D eigenvalue weighted by atomic mass is 19.4. The monoisotopic (exact) mass is 217 g/mol. The second-order valence-electron chi connectivity index (χ2n) is 3.35. The van der Waals surface area contributed by atoms with Gasteiger partial charge in [-0.1, -0.05) is 25.5 Å². The molecule has 15 heavy (non-hydrogen) atoms. The van der Waals surface area contributed by atoms with Crippen molar-refractivity contribution < 1.29 is 17.7 Å². The van der Waals surface area contributed by atoms with Crippen LogP contribution in [0.25, 0.3) is 0 Å². The molecule has 0 aliphatic carbocycles. The summed E-state index contributed by atoms with van der Waals surface area (Å²) >= 11 is 0. The molecule has 0 fully saturated rings. The van der Waals surface area contributed by atoms with Crippen LogP contribution in [0.5, 0.6) is 5.75 Å². The van der Waals surface area contributed by atoms with Gasteiger partial charge in [0.05, 0.1) is 6.61 Å². The molecule has 0 bridgehead atoms. The molecule has 1 nitrogen and oxygen atoms in total. The molecule has 0 unspecified atom stereocenters. The largest absolute Gasteiger partial charge is 0.509 e. The minimum atomic E-state index is -4.89. The highest BCUT2D eigenvalue weighted by Crippen LogP contribution is 2.13. The average Bonchev–Trinajstić information content (AvgIpc) is 2.18. The van der Waals surface area contributed by atoms with Gasteiger partial charge in [0.15, 0.2) is 0 Å². The summed E-state index contributed by atoms with van der Waals surface area (Å²) in [5.41, 5.74) is -0.585. The number of ether oxygens (including phenoxy) is 1. The lowest BCUT2D eigenvalue weighted by molar-refractivity contribution is 0.309. The second kappa shape index (κ2) is 5.10. The fourth-order valence-electron chi connectivity index (χ4n) is 1.12. The molecule has 0 saturated carbocycles. The third-order valence-electron chi connectivity index (χ3n) is 2.02. The summed E-state index contributed by atoms with van der Waals surface area (Å²) in [6.07, 6.45) is 1.91. The van der Waals surface area contributed by atoms with Crippen molar-refractivity contribution in [2.45, 2.75) is 19.8 Å². The molecule has 1 aromatic carbocycles. The van der Waals surface area contributed by atoms with Crippen LogP contribution in [0.15, 0.2) is 24.3 Å². The molecular formula is C10H13BF3O-. The van der Waals surface area contributed by atoms with E-state index in [1.54, 1.807) is 0 Å². The molecule has 0 aliphatic rings. The fourth-order valence-corrected chi connectivity index (χ4v) is 1.12. The van der Waals surface area contributed by atoms with E-state index < -0.39 is 12.4 Å². The molecule has 1 rings (SSSR count). The average molecular weight is 217 g/mol. The van der Waals surface area contributed by atoms with Crippen LogP contribution in [0, 0.1) is 0 Å². The number of benzene rings is 1. The molecule has 5 heteroatoms. The van der Waals surface area contributed by atoms with Gasteiger partial charge in [-0.15, -0.1) is 5.46 Å². The Hall–Kier alpha value is -1.13. The predicted octanol–water partition coefficient (Wildman–Crippen LogP) is 2.92. The first-order valence-electron chi connectivity index (χ1n) is 4.96. The standard InChI is InChI=1S/C10H13BF3O/c1-2-3-8-15-10-6-4-9(5-7-10)11(12,13)14/h4-7H,2-3,8H2,1H3/q-1. The number of halogens is 3. The Balaban J connectivity index is 2.57. The molecular weight excluding hydrogens is 204 g/mol. The van der Waals surface area contributed by atoms with E-state index in [-0.39, 0.29) is 0 Å².